The normalized spacial score (nSPS) is 10.8. The fourth-order valence-electron chi connectivity index (χ4n) is 4.03. The Balaban J connectivity index is 0.00000170. The molecule has 0 aliphatic rings. The third-order valence-electron chi connectivity index (χ3n) is 6.37. The number of nitrogens with one attached hydrogen (secondary N) is 3. The Hall–Kier alpha value is -4.36. The van der Waals surface area contributed by atoms with E-state index in [1.54, 1.807) is 63.4 Å². The summed E-state index contributed by atoms with van der Waals surface area (Å²) >= 11 is 12.1. The summed E-state index contributed by atoms with van der Waals surface area (Å²) in [7, 11) is 1.25. The topological polar surface area (TPSA) is 165 Å². The molecule has 15 heteroatoms. The summed E-state index contributed by atoms with van der Waals surface area (Å²) in [5.41, 5.74) is -0.139. The van der Waals surface area contributed by atoms with Crippen LogP contribution in [-0.4, -0.2) is 73.9 Å². The van der Waals surface area contributed by atoms with E-state index in [9.17, 15) is 24.0 Å². The molecule has 2 rings (SSSR count). The maximum absolute atomic E-state index is 12.7. The van der Waals surface area contributed by atoms with Crippen molar-refractivity contribution in [3.8, 4) is 0 Å². The minimum atomic E-state index is -0.747. The number of carbonyl (C=O) groups is 5. The molecule has 1 atom stereocenters. The summed E-state index contributed by atoms with van der Waals surface area (Å²) in [6.07, 6.45) is 5.28. The highest BCUT2D eigenvalue weighted by molar-refractivity contribution is 6.34. The lowest BCUT2D eigenvalue weighted by molar-refractivity contribution is -0.141. The maximum Gasteiger partial charge on any atom is 0.416 e. The number of anilines is 1. The van der Waals surface area contributed by atoms with Crippen molar-refractivity contribution >= 4 is 59.0 Å². The number of hydrogen-bond acceptors (Lipinski definition) is 9. The van der Waals surface area contributed by atoms with Gasteiger partial charge in [0.05, 0.1) is 26.1 Å². The van der Waals surface area contributed by atoms with Crippen molar-refractivity contribution in [2.24, 2.45) is 0 Å². The zero-order valence-electron chi connectivity index (χ0n) is 31.4. The molecule has 13 nitrogen and oxygen atoms in total. The van der Waals surface area contributed by atoms with E-state index in [1.165, 1.54) is 18.1 Å². The molecule has 0 radical (unpaired) electrons. The van der Waals surface area contributed by atoms with Crippen LogP contribution in [0.3, 0.4) is 0 Å². The first kappa shape index (κ1) is 47.6. The lowest BCUT2D eigenvalue weighted by Crippen LogP contribution is -2.39. The Kier molecular flexibility index (Phi) is 25.0. The number of rotatable bonds is 17. The number of pyridine rings is 1. The Bertz CT molecular complexity index is 1370. The van der Waals surface area contributed by atoms with Crippen LogP contribution in [0, 0.1) is 0 Å². The van der Waals surface area contributed by atoms with Gasteiger partial charge in [0.15, 0.2) is 0 Å². The van der Waals surface area contributed by atoms with Gasteiger partial charge in [-0.2, -0.15) is 0 Å². The van der Waals surface area contributed by atoms with Crippen LogP contribution in [0.1, 0.15) is 91.7 Å². The molecule has 1 aromatic heterocycles. The van der Waals surface area contributed by atoms with Crippen molar-refractivity contribution in [2.75, 3.05) is 38.3 Å². The number of unbranched alkanes of at least 4 members (excludes halogenated alkanes) is 2. The van der Waals surface area contributed by atoms with E-state index >= 15 is 0 Å². The number of ether oxygens (including phenoxy) is 3. The summed E-state index contributed by atoms with van der Waals surface area (Å²) < 4.78 is 14.9. The predicted octanol–water partition coefficient (Wildman–Crippen LogP) is 7.56. The lowest BCUT2D eigenvalue weighted by atomic mass is 10.0. The van der Waals surface area contributed by atoms with Gasteiger partial charge in [-0.05, 0) is 75.9 Å². The third kappa shape index (κ3) is 22.5. The van der Waals surface area contributed by atoms with Crippen LogP contribution in [0.4, 0.5) is 15.4 Å². The van der Waals surface area contributed by atoms with Gasteiger partial charge in [0.1, 0.15) is 18.0 Å². The maximum atomic E-state index is 12.7. The molecule has 3 N–H and O–H groups in total. The quantitative estimate of drug-likeness (QED) is 0.0637. The number of methoxy groups -OCH3 is 1. The molecule has 52 heavy (non-hydrogen) atoms. The number of benzene rings is 1. The van der Waals surface area contributed by atoms with Gasteiger partial charge in [0.25, 0.3) is 0 Å². The summed E-state index contributed by atoms with van der Waals surface area (Å²) in [5.74, 6) is -0.913. The Labute approximate surface area is 318 Å². The molecule has 0 saturated carbocycles. The molecule has 290 valence electrons. The Morgan fingerprint density at radius 1 is 0.981 bits per heavy atom. The summed E-state index contributed by atoms with van der Waals surface area (Å²) in [5, 5.41) is 8.58. The summed E-state index contributed by atoms with van der Waals surface area (Å²) in [6.45, 7) is 15.8. The van der Waals surface area contributed by atoms with E-state index in [-0.39, 0.29) is 38.0 Å². The number of alkyl carbamates (subject to hydrolysis) is 1. The third-order valence-corrected chi connectivity index (χ3v) is 6.81. The van der Waals surface area contributed by atoms with Gasteiger partial charge in [-0.15, -0.1) is 0 Å². The molecule has 0 fully saturated rings. The van der Waals surface area contributed by atoms with Crippen LogP contribution >= 0.6 is 23.2 Å². The van der Waals surface area contributed by atoms with E-state index in [0.29, 0.717) is 47.4 Å². The number of halogens is 2. The number of nitrogens with zero attached hydrogens (tertiary/aromatic N) is 2. The average Bonchev–Trinajstić information content (AvgIpc) is 3.10. The van der Waals surface area contributed by atoms with Crippen molar-refractivity contribution in [1.29, 1.82) is 0 Å². The predicted molar refractivity (Wildman–Crippen MR) is 204 cm³/mol. The van der Waals surface area contributed by atoms with Crippen molar-refractivity contribution in [3.05, 3.63) is 70.9 Å². The van der Waals surface area contributed by atoms with Gasteiger partial charge in [-0.1, -0.05) is 69.1 Å². The average molecular weight is 769 g/mol. The second kappa shape index (κ2) is 27.3. The van der Waals surface area contributed by atoms with Crippen LogP contribution in [0.2, 0.25) is 10.0 Å². The first-order valence-electron chi connectivity index (χ1n) is 17.2. The van der Waals surface area contributed by atoms with Crippen molar-refractivity contribution in [3.63, 3.8) is 0 Å². The molecule has 0 saturated heterocycles. The van der Waals surface area contributed by atoms with Crippen LogP contribution in [0.25, 0.3) is 0 Å². The number of aromatic nitrogens is 1. The first-order chi connectivity index (χ1) is 24.7. The van der Waals surface area contributed by atoms with Gasteiger partial charge in [-0.3, -0.25) is 19.3 Å². The Morgan fingerprint density at radius 3 is 2.21 bits per heavy atom. The SMILES string of the molecule is C=CCOC(=O)NCCCC.CC.COC(=O)CC(NC(=O)CNC(=O)CCCCN(C(=O)OC(C)(C)C)c1ccccn1)c1cc(Cl)cc(Cl)c1. The number of amides is 4. The van der Waals surface area contributed by atoms with Crippen LogP contribution in [0.15, 0.2) is 55.3 Å². The molecular formula is C37H55Cl2N5O8. The van der Waals surface area contributed by atoms with Crippen molar-refractivity contribution in [2.45, 2.75) is 91.7 Å². The van der Waals surface area contributed by atoms with Gasteiger partial charge < -0.3 is 30.2 Å². The fraction of sp³-hybridized carbons (Fsp3) is 0.514. The molecule has 0 bridgehead atoms. The van der Waals surface area contributed by atoms with Crippen molar-refractivity contribution in [1.82, 2.24) is 20.9 Å². The molecule has 0 aliphatic carbocycles. The zero-order chi connectivity index (χ0) is 39.5. The fourth-order valence-corrected chi connectivity index (χ4v) is 4.57. The van der Waals surface area contributed by atoms with Crippen LogP contribution in [0.5, 0.6) is 0 Å². The molecule has 2 aromatic rings. The van der Waals surface area contributed by atoms with E-state index in [1.807, 2.05) is 13.8 Å². The second-order valence-electron chi connectivity index (χ2n) is 11.8. The van der Waals surface area contributed by atoms with Crippen LogP contribution < -0.4 is 20.9 Å². The lowest BCUT2D eigenvalue weighted by Gasteiger charge is -2.26. The number of esters is 1. The smallest absolute Gasteiger partial charge is 0.416 e. The molecule has 1 heterocycles. The standard InChI is InChI=1S/C27H34Cl2N4O6.C8H15NO2.C2H6/c1-27(2,3)39-26(37)33(22-9-5-7-11-30-22)12-8-6-10-23(34)31-17-24(35)32-21(16-25(36)38-4)18-13-19(28)15-20(29)14-18;1-3-5-6-9-8(10)11-7-4-2;1-2/h5,7,9,11,13-15,21H,6,8,10,12,16-17H2,1-4H3,(H,31,34)(H,32,35);4H,2-3,5-7H2,1H3,(H,9,10);1-2H3. The molecule has 4 amide bonds. The molecule has 1 unspecified atom stereocenters. The second-order valence-corrected chi connectivity index (χ2v) is 12.7. The van der Waals surface area contributed by atoms with E-state index in [0.717, 1.165) is 12.8 Å². The van der Waals surface area contributed by atoms with E-state index in [2.05, 4.69) is 39.2 Å². The number of hydrogen-bond donors (Lipinski definition) is 3. The Morgan fingerprint density at radius 2 is 1.65 bits per heavy atom. The van der Waals surface area contributed by atoms with Gasteiger partial charge >= 0.3 is 18.2 Å². The monoisotopic (exact) mass is 767 g/mol. The summed E-state index contributed by atoms with van der Waals surface area (Å²) in [6, 6.07) is 9.20. The summed E-state index contributed by atoms with van der Waals surface area (Å²) in [4.78, 5) is 65.8. The molecule has 0 aliphatic heterocycles. The highest BCUT2D eigenvalue weighted by Crippen LogP contribution is 2.26. The van der Waals surface area contributed by atoms with Crippen LogP contribution in [-0.2, 0) is 28.6 Å². The van der Waals surface area contributed by atoms with Gasteiger partial charge in [0.2, 0.25) is 11.8 Å². The number of carbonyl (C=O) groups excluding carboxylic acids is 5. The van der Waals surface area contributed by atoms with Crippen molar-refractivity contribution < 1.29 is 38.2 Å². The highest BCUT2D eigenvalue weighted by Gasteiger charge is 2.24. The van der Waals surface area contributed by atoms with E-state index < -0.39 is 29.6 Å². The molecule has 0 spiro atoms. The van der Waals surface area contributed by atoms with E-state index in [4.69, 9.17) is 32.7 Å². The first-order valence-corrected chi connectivity index (χ1v) is 18.0. The highest BCUT2D eigenvalue weighted by atomic mass is 35.5. The van der Waals surface area contributed by atoms with Gasteiger partial charge in [0, 0.05) is 35.8 Å². The molecule has 1 aromatic carbocycles. The minimum absolute atomic E-state index is 0.142. The zero-order valence-corrected chi connectivity index (χ0v) is 32.9. The molecular weight excluding hydrogens is 713 g/mol. The van der Waals surface area contributed by atoms with Gasteiger partial charge in [-0.25, -0.2) is 14.6 Å². The minimum Gasteiger partial charge on any atom is -0.469 e. The largest absolute Gasteiger partial charge is 0.469 e.